The normalized spacial score (nSPS) is 13.1. The predicted octanol–water partition coefficient (Wildman–Crippen LogP) is 13.8. The van der Waals surface area contributed by atoms with E-state index in [1.165, 1.54) is 167 Å². The molecule has 0 aliphatic rings. The molecule has 3 N–H and O–H groups in total. The summed E-state index contributed by atoms with van der Waals surface area (Å²) in [4.78, 5) is 34.9. The third-order valence-corrected chi connectivity index (χ3v) is 11.5. The molecule has 0 aliphatic heterocycles. The molecule has 10 heteroatoms. The van der Waals surface area contributed by atoms with Crippen molar-refractivity contribution >= 4 is 19.8 Å². The number of phosphoric ester groups is 1. The van der Waals surface area contributed by atoms with Gasteiger partial charge in [0.15, 0.2) is 6.10 Å². The van der Waals surface area contributed by atoms with E-state index in [-0.39, 0.29) is 38.6 Å². The Morgan fingerprint density at radius 1 is 0.554 bits per heavy atom. The molecule has 332 valence electrons. The molecule has 0 fully saturated rings. The smallest absolute Gasteiger partial charge is 0.462 e. The average molecular weight is 816 g/mol. The Balaban J connectivity index is 4.02. The molecule has 0 bridgehead atoms. The Morgan fingerprint density at radius 2 is 0.911 bits per heavy atom. The predicted molar refractivity (Wildman–Crippen MR) is 234 cm³/mol. The molecule has 0 aliphatic carbocycles. The zero-order chi connectivity index (χ0) is 41.1. The van der Waals surface area contributed by atoms with Crippen molar-refractivity contribution in [3.05, 3.63) is 12.7 Å². The molecule has 9 nitrogen and oxygen atoms in total. The first kappa shape index (κ1) is 54.8. The van der Waals surface area contributed by atoms with Crippen LogP contribution in [-0.2, 0) is 32.7 Å². The van der Waals surface area contributed by atoms with E-state index in [9.17, 15) is 19.0 Å². The number of allylic oxidation sites excluding steroid dienone is 1. The standard InChI is InChI=1S/C46H90NO8P/c1-3-5-7-9-11-13-15-17-19-20-21-22-23-25-26-28-30-32-34-36-38-45(48)52-42-44(43-54-56(50,51)53-41-40-47)55-46(49)39-37-35-33-31-29-27-24-18-16-14-12-10-8-6-4-2/h4,44H,2-3,5-43,47H2,1H3,(H,50,51)/t44-/m1/s1. The Hall–Kier alpha value is -1.25. The van der Waals surface area contributed by atoms with Crippen LogP contribution in [0.1, 0.15) is 238 Å². The number of phosphoric acid groups is 1. The largest absolute Gasteiger partial charge is 0.472 e. The summed E-state index contributed by atoms with van der Waals surface area (Å²) in [6.07, 6.45) is 44.2. The quantitative estimate of drug-likeness (QED) is 0.0266. The maximum atomic E-state index is 12.6. The SMILES string of the molecule is C=CCCCCCCCCCCCCCCCC(=O)O[C@H](COC(=O)CCCCCCCCCCCCCCCCCCCCCC)COP(=O)(O)OCCN. The molecule has 0 aromatic rings. The van der Waals surface area contributed by atoms with Crippen molar-refractivity contribution in [2.45, 2.75) is 244 Å². The lowest BCUT2D eigenvalue weighted by Gasteiger charge is -2.19. The minimum Gasteiger partial charge on any atom is -0.462 e. The number of esters is 2. The first-order chi connectivity index (χ1) is 27.3. The van der Waals surface area contributed by atoms with Gasteiger partial charge in [0.05, 0.1) is 13.2 Å². The van der Waals surface area contributed by atoms with Crippen LogP contribution in [0.3, 0.4) is 0 Å². The van der Waals surface area contributed by atoms with Gasteiger partial charge in [0.25, 0.3) is 0 Å². The van der Waals surface area contributed by atoms with Crippen LogP contribution in [-0.4, -0.2) is 49.3 Å². The van der Waals surface area contributed by atoms with Crippen LogP contribution in [0.25, 0.3) is 0 Å². The second kappa shape index (κ2) is 43.3. The van der Waals surface area contributed by atoms with Crippen LogP contribution in [0.2, 0.25) is 0 Å². The second-order valence-corrected chi connectivity index (χ2v) is 17.5. The summed E-state index contributed by atoms with van der Waals surface area (Å²) >= 11 is 0. The van der Waals surface area contributed by atoms with Crippen LogP contribution < -0.4 is 5.73 Å². The van der Waals surface area contributed by atoms with Gasteiger partial charge >= 0.3 is 19.8 Å². The van der Waals surface area contributed by atoms with Crippen LogP contribution in [0.5, 0.6) is 0 Å². The number of carbonyl (C=O) groups is 2. The molecule has 0 aromatic heterocycles. The van der Waals surface area contributed by atoms with Crippen molar-refractivity contribution in [2.24, 2.45) is 5.73 Å². The highest BCUT2D eigenvalue weighted by Gasteiger charge is 2.26. The van der Waals surface area contributed by atoms with Gasteiger partial charge in [-0.3, -0.25) is 18.6 Å². The monoisotopic (exact) mass is 816 g/mol. The van der Waals surface area contributed by atoms with Gasteiger partial charge < -0.3 is 20.1 Å². The van der Waals surface area contributed by atoms with E-state index in [0.29, 0.717) is 6.42 Å². The number of rotatable bonds is 46. The molecule has 0 saturated carbocycles. The van der Waals surface area contributed by atoms with E-state index in [4.69, 9.17) is 24.3 Å². The van der Waals surface area contributed by atoms with Gasteiger partial charge in [-0.2, -0.15) is 0 Å². The van der Waals surface area contributed by atoms with Crippen molar-refractivity contribution in [2.75, 3.05) is 26.4 Å². The molecule has 0 saturated heterocycles. The minimum absolute atomic E-state index is 0.0560. The molecule has 0 rings (SSSR count). The second-order valence-electron chi connectivity index (χ2n) is 16.1. The van der Waals surface area contributed by atoms with Gasteiger partial charge in [-0.15, -0.1) is 6.58 Å². The van der Waals surface area contributed by atoms with Gasteiger partial charge in [0, 0.05) is 19.4 Å². The first-order valence-electron chi connectivity index (χ1n) is 23.6. The van der Waals surface area contributed by atoms with Gasteiger partial charge in [-0.25, -0.2) is 4.57 Å². The van der Waals surface area contributed by atoms with Crippen molar-refractivity contribution in [3.63, 3.8) is 0 Å². The molecular weight excluding hydrogens is 725 g/mol. The third kappa shape index (κ3) is 42.4. The number of hydrogen-bond acceptors (Lipinski definition) is 8. The number of carbonyl (C=O) groups excluding carboxylic acids is 2. The fraction of sp³-hybridized carbons (Fsp3) is 0.913. The molecule has 2 atom stereocenters. The van der Waals surface area contributed by atoms with Crippen LogP contribution in [0.4, 0.5) is 0 Å². The average Bonchev–Trinajstić information content (AvgIpc) is 3.18. The highest BCUT2D eigenvalue weighted by Crippen LogP contribution is 2.43. The van der Waals surface area contributed by atoms with E-state index in [2.05, 4.69) is 13.5 Å². The number of ether oxygens (including phenoxy) is 2. The van der Waals surface area contributed by atoms with Crippen molar-refractivity contribution in [1.29, 1.82) is 0 Å². The fourth-order valence-electron chi connectivity index (χ4n) is 7.03. The van der Waals surface area contributed by atoms with E-state index >= 15 is 0 Å². The Kier molecular flexibility index (Phi) is 42.4. The number of hydrogen-bond donors (Lipinski definition) is 2. The van der Waals surface area contributed by atoms with E-state index in [0.717, 1.165) is 44.9 Å². The van der Waals surface area contributed by atoms with Gasteiger partial charge in [-0.1, -0.05) is 206 Å². The highest BCUT2D eigenvalue weighted by atomic mass is 31.2. The molecule has 0 spiro atoms. The molecule has 0 amide bonds. The Labute approximate surface area is 345 Å². The van der Waals surface area contributed by atoms with Crippen molar-refractivity contribution in [3.8, 4) is 0 Å². The van der Waals surface area contributed by atoms with E-state index in [1.54, 1.807) is 0 Å². The third-order valence-electron chi connectivity index (χ3n) is 10.5. The van der Waals surface area contributed by atoms with Gasteiger partial charge in [-0.05, 0) is 25.7 Å². The molecule has 1 unspecified atom stereocenters. The highest BCUT2D eigenvalue weighted by molar-refractivity contribution is 7.47. The van der Waals surface area contributed by atoms with Gasteiger partial charge in [0.1, 0.15) is 6.61 Å². The van der Waals surface area contributed by atoms with Gasteiger partial charge in [0.2, 0.25) is 0 Å². The topological polar surface area (TPSA) is 134 Å². The van der Waals surface area contributed by atoms with Crippen molar-refractivity contribution < 1.29 is 37.6 Å². The first-order valence-corrected chi connectivity index (χ1v) is 25.1. The minimum atomic E-state index is -4.37. The Bertz CT molecular complexity index is 920. The maximum absolute atomic E-state index is 12.6. The molecule has 56 heavy (non-hydrogen) atoms. The molecule has 0 radical (unpaired) electrons. The summed E-state index contributed by atoms with van der Waals surface area (Å²) in [6.45, 7) is 5.30. The molecule has 0 aromatic carbocycles. The lowest BCUT2D eigenvalue weighted by Crippen LogP contribution is -2.29. The summed E-state index contributed by atoms with van der Waals surface area (Å²) < 4.78 is 32.8. The van der Waals surface area contributed by atoms with E-state index in [1.807, 2.05) is 6.08 Å². The summed E-state index contributed by atoms with van der Waals surface area (Å²) in [7, 11) is -4.37. The number of unbranched alkanes of at least 4 members (excludes halogenated alkanes) is 32. The number of nitrogens with two attached hydrogens (primary N) is 1. The summed E-state index contributed by atoms with van der Waals surface area (Å²) in [5, 5.41) is 0. The zero-order valence-electron chi connectivity index (χ0n) is 36.5. The summed E-state index contributed by atoms with van der Waals surface area (Å²) in [6, 6.07) is 0. The lowest BCUT2D eigenvalue weighted by molar-refractivity contribution is -0.161. The zero-order valence-corrected chi connectivity index (χ0v) is 37.4. The van der Waals surface area contributed by atoms with Crippen LogP contribution >= 0.6 is 7.82 Å². The summed E-state index contributed by atoms with van der Waals surface area (Å²) in [5.41, 5.74) is 5.35. The van der Waals surface area contributed by atoms with Crippen LogP contribution in [0, 0.1) is 0 Å². The fourth-order valence-corrected chi connectivity index (χ4v) is 7.79. The molecule has 0 heterocycles. The lowest BCUT2D eigenvalue weighted by atomic mass is 10.0. The van der Waals surface area contributed by atoms with Crippen molar-refractivity contribution in [1.82, 2.24) is 0 Å². The summed E-state index contributed by atoms with van der Waals surface area (Å²) in [5.74, 6) is -0.817. The molecular formula is C46H90NO8P. The van der Waals surface area contributed by atoms with E-state index < -0.39 is 26.5 Å². The maximum Gasteiger partial charge on any atom is 0.472 e. The Morgan fingerprint density at radius 3 is 1.29 bits per heavy atom. The van der Waals surface area contributed by atoms with Crippen LogP contribution in [0.15, 0.2) is 12.7 Å².